The fourth-order valence-electron chi connectivity index (χ4n) is 1.00. The van der Waals surface area contributed by atoms with Crippen molar-refractivity contribution in [2.75, 3.05) is 12.9 Å². The first-order valence-corrected chi connectivity index (χ1v) is 7.25. The van der Waals surface area contributed by atoms with Gasteiger partial charge < -0.3 is 9.94 Å². The molecule has 0 aliphatic carbocycles. The third-order valence-corrected chi connectivity index (χ3v) is 4.09. The Hall–Kier alpha value is -0.730. The second-order valence-electron chi connectivity index (χ2n) is 3.10. The van der Waals surface area contributed by atoms with Crippen LogP contribution in [0.4, 0.5) is 5.69 Å². The molecule has 0 radical (unpaired) electrons. The van der Waals surface area contributed by atoms with E-state index < -0.39 is 5.23 Å². The maximum atomic E-state index is 10.8. The van der Waals surface area contributed by atoms with Gasteiger partial charge in [0.25, 0.3) is 0 Å². The first-order valence-electron chi connectivity index (χ1n) is 4.77. The Morgan fingerprint density at radius 2 is 2.06 bits per heavy atom. The lowest BCUT2D eigenvalue weighted by atomic mass is 10.2. The van der Waals surface area contributed by atoms with Gasteiger partial charge in [0.15, 0.2) is 5.69 Å². The van der Waals surface area contributed by atoms with E-state index in [4.69, 9.17) is 5.21 Å². The third kappa shape index (κ3) is 5.42. The van der Waals surface area contributed by atoms with Crippen LogP contribution in [-0.4, -0.2) is 24.0 Å². The topological polar surface area (TPSA) is 74.0 Å². The predicted molar refractivity (Wildman–Crippen MR) is 68.0 cm³/mol. The molecule has 1 atom stereocenters. The largest absolute Gasteiger partial charge is 0.595 e. The maximum absolute atomic E-state index is 10.8. The van der Waals surface area contributed by atoms with Gasteiger partial charge in [-0.25, -0.2) is 5.21 Å². The number of hydrogen-bond acceptors (Lipinski definition) is 6. The second kappa shape index (κ2) is 7.57. The monoisotopic (exact) mass is 275 g/mol. The van der Waals surface area contributed by atoms with Crippen LogP contribution < -0.4 is 5.23 Å². The van der Waals surface area contributed by atoms with Gasteiger partial charge in [-0.1, -0.05) is 33.7 Å². The quantitative estimate of drug-likeness (QED) is 0.351. The number of quaternary nitrogens is 1. The minimum absolute atomic E-state index is 0.247. The third-order valence-electron chi connectivity index (χ3n) is 1.91. The Bertz CT molecular complexity index is 356. The van der Waals surface area contributed by atoms with Crippen molar-refractivity contribution in [3.8, 4) is 0 Å². The van der Waals surface area contributed by atoms with Gasteiger partial charge in [0, 0.05) is 17.9 Å². The maximum Gasteiger partial charge on any atom is 0.316 e. The Kier molecular flexibility index (Phi) is 6.38. The Morgan fingerprint density at radius 3 is 2.59 bits per heavy atom. The molecule has 5 nitrogen and oxygen atoms in total. The van der Waals surface area contributed by atoms with Crippen LogP contribution in [-0.2, 0) is 15.3 Å². The molecule has 1 rings (SSSR count). The first-order chi connectivity index (χ1) is 8.13. The molecule has 0 fully saturated rings. The summed E-state index contributed by atoms with van der Waals surface area (Å²) in [4.78, 5) is 10.8. The minimum Gasteiger partial charge on any atom is -0.595 e. The lowest BCUT2D eigenvalue weighted by Crippen LogP contribution is -2.99. The van der Waals surface area contributed by atoms with Gasteiger partial charge in [0.05, 0.1) is 7.11 Å². The Labute approximate surface area is 107 Å². The fraction of sp³-hybridized carbons (Fsp3) is 0.300. The van der Waals surface area contributed by atoms with E-state index in [1.165, 1.54) is 28.7 Å². The zero-order valence-electron chi connectivity index (χ0n) is 9.21. The van der Waals surface area contributed by atoms with Gasteiger partial charge in [-0.3, -0.25) is 4.79 Å². The van der Waals surface area contributed by atoms with Crippen molar-refractivity contribution >= 4 is 33.2 Å². The van der Waals surface area contributed by atoms with Gasteiger partial charge in [-0.15, -0.1) is 0 Å². The summed E-state index contributed by atoms with van der Waals surface area (Å²) in [5.41, 5.74) is 1.30. The Balaban J connectivity index is 2.30. The van der Waals surface area contributed by atoms with Crippen LogP contribution in [0.25, 0.3) is 0 Å². The van der Waals surface area contributed by atoms with Crippen LogP contribution in [0.5, 0.6) is 0 Å². The molecular formula is C10H13NO4S2. The molecule has 0 bridgehead atoms. The van der Waals surface area contributed by atoms with Crippen molar-refractivity contribution in [1.29, 1.82) is 0 Å². The van der Waals surface area contributed by atoms with Gasteiger partial charge in [0.1, 0.15) is 5.75 Å². The molecule has 0 saturated heterocycles. The number of esters is 1. The van der Waals surface area contributed by atoms with Crippen LogP contribution in [0.1, 0.15) is 5.56 Å². The van der Waals surface area contributed by atoms with Crippen molar-refractivity contribution in [2.24, 2.45) is 0 Å². The van der Waals surface area contributed by atoms with E-state index in [0.29, 0.717) is 5.75 Å². The molecule has 0 spiro atoms. The molecule has 17 heavy (non-hydrogen) atoms. The van der Waals surface area contributed by atoms with E-state index >= 15 is 0 Å². The summed E-state index contributed by atoms with van der Waals surface area (Å²) in [6.45, 7) is 0. The van der Waals surface area contributed by atoms with Crippen molar-refractivity contribution in [1.82, 2.24) is 0 Å². The molecular weight excluding hydrogens is 262 g/mol. The van der Waals surface area contributed by atoms with Gasteiger partial charge >= 0.3 is 5.97 Å². The van der Waals surface area contributed by atoms with E-state index in [1.54, 1.807) is 24.3 Å². The van der Waals surface area contributed by atoms with Crippen LogP contribution in [0, 0.1) is 5.21 Å². The SMILES string of the molecule is COC(=O)CSSCc1ccc([NH+]([O-])O)cc1. The molecule has 0 saturated carbocycles. The number of rotatable bonds is 6. The normalized spacial score (nSPS) is 12.2. The van der Waals surface area contributed by atoms with Gasteiger partial charge in [-0.05, 0) is 5.56 Å². The molecule has 7 heteroatoms. The summed E-state index contributed by atoms with van der Waals surface area (Å²) >= 11 is 0. The molecule has 0 aliphatic rings. The molecule has 94 valence electrons. The van der Waals surface area contributed by atoms with E-state index in [0.717, 1.165) is 11.3 Å². The number of carbonyl (C=O) groups is 1. The lowest BCUT2D eigenvalue weighted by Gasteiger charge is -2.11. The number of ether oxygens (including phenoxy) is 1. The van der Waals surface area contributed by atoms with Crippen molar-refractivity contribution in [2.45, 2.75) is 5.75 Å². The number of benzene rings is 1. The van der Waals surface area contributed by atoms with E-state index in [1.807, 2.05) is 0 Å². The number of hydrogen-bond donors (Lipinski definition) is 2. The molecule has 1 aromatic rings. The molecule has 0 aromatic heterocycles. The Morgan fingerprint density at radius 1 is 1.41 bits per heavy atom. The minimum atomic E-state index is -0.927. The summed E-state index contributed by atoms with van der Waals surface area (Å²) in [6.07, 6.45) is 0. The molecule has 1 unspecified atom stereocenters. The summed E-state index contributed by atoms with van der Waals surface area (Å²) < 4.78 is 4.51. The van der Waals surface area contributed by atoms with Crippen LogP contribution in [0.2, 0.25) is 0 Å². The highest BCUT2D eigenvalue weighted by Crippen LogP contribution is 2.26. The average molecular weight is 275 g/mol. The van der Waals surface area contributed by atoms with Crippen molar-refractivity contribution in [3.63, 3.8) is 0 Å². The summed E-state index contributed by atoms with van der Waals surface area (Å²) in [5.74, 6) is 0.791. The highest BCUT2D eigenvalue weighted by Gasteiger charge is 2.02. The van der Waals surface area contributed by atoms with E-state index in [9.17, 15) is 10.0 Å². The molecule has 0 aliphatic heterocycles. The van der Waals surface area contributed by atoms with Gasteiger partial charge in [0.2, 0.25) is 0 Å². The molecule has 0 amide bonds. The fourth-order valence-corrected chi connectivity index (χ4v) is 2.91. The van der Waals surface area contributed by atoms with Crippen LogP contribution in [0.15, 0.2) is 24.3 Å². The van der Waals surface area contributed by atoms with Crippen LogP contribution >= 0.6 is 21.6 Å². The van der Waals surface area contributed by atoms with Crippen LogP contribution in [0.3, 0.4) is 0 Å². The first kappa shape index (κ1) is 14.3. The highest BCUT2D eigenvalue weighted by atomic mass is 33.1. The van der Waals surface area contributed by atoms with E-state index in [-0.39, 0.29) is 11.7 Å². The second-order valence-corrected chi connectivity index (χ2v) is 5.57. The van der Waals surface area contributed by atoms with Crippen molar-refractivity contribution < 1.29 is 20.0 Å². The lowest BCUT2D eigenvalue weighted by molar-refractivity contribution is -0.991. The standard InChI is InChI=1S/C10H13NO4S2/c1-15-10(12)7-17-16-6-8-2-4-9(5-3-8)11(13)14/h2-5,11,13H,6-7H2,1H3. The average Bonchev–Trinajstić information content (AvgIpc) is 2.34. The summed E-state index contributed by atoms with van der Waals surface area (Å²) in [6, 6.07) is 6.69. The zero-order chi connectivity index (χ0) is 12.7. The highest BCUT2D eigenvalue weighted by molar-refractivity contribution is 8.76. The smallest absolute Gasteiger partial charge is 0.316 e. The molecule has 2 N–H and O–H groups in total. The number of methoxy groups -OCH3 is 1. The van der Waals surface area contributed by atoms with E-state index in [2.05, 4.69) is 4.74 Å². The summed E-state index contributed by atoms with van der Waals surface area (Å²) in [7, 11) is 4.31. The van der Waals surface area contributed by atoms with Crippen molar-refractivity contribution in [3.05, 3.63) is 35.0 Å². The predicted octanol–water partition coefficient (Wildman–Crippen LogP) is 1.14. The summed E-state index contributed by atoms with van der Waals surface area (Å²) in [5, 5.41) is 18.4. The number of nitrogens with one attached hydrogen (secondary N) is 1. The molecule has 1 aromatic carbocycles. The van der Waals surface area contributed by atoms with Gasteiger partial charge in [-0.2, -0.15) is 5.23 Å². The number of carbonyl (C=O) groups excluding carboxylic acids is 1. The molecule has 0 heterocycles. The zero-order valence-corrected chi connectivity index (χ0v) is 10.8.